The van der Waals surface area contributed by atoms with E-state index in [0.29, 0.717) is 13.1 Å². The number of aromatic hydroxyl groups is 1. The summed E-state index contributed by atoms with van der Waals surface area (Å²) in [5.74, 6) is 0.235. The summed E-state index contributed by atoms with van der Waals surface area (Å²) in [6, 6.07) is 13.5. The molecule has 0 saturated carbocycles. The van der Waals surface area contributed by atoms with Crippen LogP contribution in [0.5, 0.6) is 5.75 Å². The van der Waals surface area contributed by atoms with E-state index in [2.05, 4.69) is 5.32 Å². The smallest absolute Gasteiger partial charge is 0.238 e. The molecule has 20 heavy (non-hydrogen) atoms. The molecule has 5 nitrogen and oxygen atoms in total. The second-order valence-electron chi connectivity index (χ2n) is 4.42. The molecule has 0 amide bonds. The Bertz CT molecular complexity index is 699. The predicted octanol–water partition coefficient (Wildman–Crippen LogP) is 1.33. The number of nitrogens with one attached hydrogen (secondary N) is 1. The van der Waals surface area contributed by atoms with E-state index in [0.717, 1.165) is 11.1 Å². The fraction of sp³-hybridized carbons (Fsp3) is 0.143. The second kappa shape index (κ2) is 6.04. The third-order valence-corrected chi connectivity index (χ3v) is 3.77. The normalized spacial score (nSPS) is 11.4. The van der Waals surface area contributed by atoms with Gasteiger partial charge in [0.05, 0.1) is 4.90 Å². The maximum Gasteiger partial charge on any atom is 0.238 e. The number of hydrogen-bond donors (Lipinski definition) is 3. The molecule has 4 N–H and O–H groups in total. The summed E-state index contributed by atoms with van der Waals surface area (Å²) < 4.78 is 22.5. The third-order valence-electron chi connectivity index (χ3n) is 2.86. The first-order valence-corrected chi connectivity index (χ1v) is 7.61. The lowest BCUT2D eigenvalue weighted by Crippen LogP contribution is -2.15. The zero-order valence-electron chi connectivity index (χ0n) is 10.8. The first-order chi connectivity index (χ1) is 9.47. The lowest BCUT2D eigenvalue weighted by Gasteiger charge is -2.07. The molecule has 0 heterocycles. The van der Waals surface area contributed by atoms with Gasteiger partial charge in [-0.05, 0) is 23.8 Å². The number of para-hydroxylation sites is 1. The molecule has 106 valence electrons. The summed E-state index contributed by atoms with van der Waals surface area (Å²) >= 11 is 0. The van der Waals surface area contributed by atoms with Gasteiger partial charge in [0.1, 0.15) is 5.75 Å². The molecule has 0 aliphatic carbocycles. The minimum atomic E-state index is -3.68. The van der Waals surface area contributed by atoms with Crippen LogP contribution < -0.4 is 10.5 Å². The lowest BCUT2D eigenvalue weighted by atomic mass is 10.2. The molecule has 2 aromatic rings. The van der Waals surface area contributed by atoms with Crippen LogP contribution in [0.2, 0.25) is 0 Å². The number of phenolic OH excluding ortho intramolecular Hbond substituents is 1. The monoisotopic (exact) mass is 292 g/mol. The van der Waals surface area contributed by atoms with Gasteiger partial charge in [-0.2, -0.15) is 0 Å². The molecule has 0 saturated heterocycles. The number of rotatable bonds is 5. The Balaban J connectivity index is 2.00. The standard InChI is InChI=1S/C14H16N2O3S/c15-20(18,19)13-6-3-4-11(8-13)9-16-10-12-5-1-2-7-14(12)17/h1-8,16-17H,9-10H2,(H2,15,18,19). The van der Waals surface area contributed by atoms with Crippen LogP contribution in [0.4, 0.5) is 0 Å². The molecule has 6 heteroatoms. The van der Waals surface area contributed by atoms with Gasteiger partial charge in [0.25, 0.3) is 0 Å². The molecule has 0 aliphatic heterocycles. The van der Waals surface area contributed by atoms with Crippen molar-refractivity contribution in [2.24, 2.45) is 5.14 Å². The Morgan fingerprint density at radius 3 is 2.50 bits per heavy atom. The van der Waals surface area contributed by atoms with Crippen molar-refractivity contribution >= 4 is 10.0 Å². The van der Waals surface area contributed by atoms with Crippen molar-refractivity contribution in [2.75, 3.05) is 0 Å². The molecule has 0 fully saturated rings. The molecule has 0 atom stereocenters. The minimum Gasteiger partial charge on any atom is -0.508 e. The van der Waals surface area contributed by atoms with E-state index in [1.54, 1.807) is 18.2 Å². The fourth-order valence-corrected chi connectivity index (χ4v) is 2.42. The summed E-state index contributed by atoms with van der Waals surface area (Å²) in [5, 5.41) is 17.8. The highest BCUT2D eigenvalue weighted by Crippen LogP contribution is 2.15. The molecule has 0 unspecified atom stereocenters. The van der Waals surface area contributed by atoms with E-state index in [1.807, 2.05) is 18.2 Å². The Labute approximate surface area is 118 Å². The van der Waals surface area contributed by atoms with Crippen LogP contribution in [0.1, 0.15) is 11.1 Å². The quantitative estimate of drug-likeness (QED) is 0.775. The lowest BCUT2D eigenvalue weighted by molar-refractivity contribution is 0.464. The van der Waals surface area contributed by atoms with Gasteiger partial charge in [-0.15, -0.1) is 0 Å². The van der Waals surface area contributed by atoms with E-state index in [4.69, 9.17) is 5.14 Å². The zero-order valence-corrected chi connectivity index (χ0v) is 11.6. The van der Waals surface area contributed by atoms with Crippen molar-refractivity contribution < 1.29 is 13.5 Å². The van der Waals surface area contributed by atoms with Crippen LogP contribution in [0, 0.1) is 0 Å². The molecule has 0 spiro atoms. The summed E-state index contributed by atoms with van der Waals surface area (Å²) in [4.78, 5) is 0.0966. The number of phenols is 1. The van der Waals surface area contributed by atoms with Crippen molar-refractivity contribution in [3.8, 4) is 5.75 Å². The maximum atomic E-state index is 11.2. The summed E-state index contributed by atoms with van der Waals surface area (Å²) in [5.41, 5.74) is 1.60. The van der Waals surface area contributed by atoms with Gasteiger partial charge in [0.2, 0.25) is 10.0 Å². The predicted molar refractivity (Wildman–Crippen MR) is 76.5 cm³/mol. The minimum absolute atomic E-state index is 0.0966. The molecule has 2 rings (SSSR count). The van der Waals surface area contributed by atoms with Crippen LogP contribution in [0.15, 0.2) is 53.4 Å². The van der Waals surface area contributed by atoms with Crippen molar-refractivity contribution in [1.29, 1.82) is 0 Å². The highest BCUT2D eigenvalue weighted by molar-refractivity contribution is 7.89. The largest absolute Gasteiger partial charge is 0.508 e. The van der Waals surface area contributed by atoms with Crippen LogP contribution in [-0.2, 0) is 23.1 Å². The highest BCUT2D eigenvalue weighted by atomic mass is 32.2. The zero-order chi connectivity index (χ0) is 14.6. The first-order valence-electron chi connectivity index (χ1n) is 6.06. The van der Waals surface area contributed by atoms with Crippen LogP contribution in [0.3, 0.4) is 0 Å². The molecule has 0 aliphatic rings. The SMILES string of the molecule is NS(=O)(=O)c1cccc(CNCc2ccccc2O)c1. The summed E-state index contributed by atoms with van der Waals surface area (Å²) in [6.45, 7) is 0.976. The average Bonchev–Trinajstić information content (AvgIpc) is 2.40. The summed E-state index contributed by atoms with van der Waals surface area (Å²) in [6.07, 6.45) is 0. The van der Waals surface area contributed by atoms with Gasteiger partial charge in [0, 0.05) is 18.7 Å². The molecule has 0 aromatic heterocycles. The van der Waals surface area contributed by atoms with Gasteiger partial charge in [-0.1, -0.05) is 30.3 Å². The molecular weight excluding hydrogens is 276 g/mol. The van der Waals surface area contributed by atoms with Gasteiger partial charge in [0.15, 0.2) is 0 Å². The second-order valence-corrected chi connectivity index (χ2v) is 5.99. The number of primary sulfonamides is 1. The van der Waals surface area contributed by atoms with E-state index in [9.17, 15) is 13.5 Å². The van der Waals surface area contributed by atoms with Crippen molar-refractivity contribution in [3.05, 3.63) is 59.7 Å². The van der Waals surface area contributed by atoms with E-state index in [1.165, 1.54) is 12.1 Å². The topological polar surface area (TPSA) is 92.4 Å². The number of hydrogen-bond acceptors (Lipinski definition) is 4. The van der Waals surface area contributed by atoms with Crippen molar-refractivity contribution in [1.82, 2.24) is 5.32 Å². The van der Waals surface area contributed by atoms with Crippen molar-refractivity contribution in [2.45, 2.75) is 18.0 Å². The average molecular weight is 292 g/mol. The van der Waals surface area contributed by atoms with Gasteiger partial charge >= 0.3 is 0 Å². The number of benzene rings is 2. The van der Waals surface area contributed by atoms with E-state index >= 15 is 0 Å². The van der Waals surface area contributed by atoms with E-state index < -0.39 is 10.0 Å². The fourth-order valence-electron chi connectivity index (χ4n) is 1.83. The number of nitrogens with two attached hydrogens (primary N) is 1. The van der Waals surface area contributed by atoms with Crippen LogP contribution >= 0.6 is 0 Å². The van der Waals surface area contributed by atoms with Gasteiger partial charge < -0.3 is 10.4 Å². The van der Waals surface area contributed by atoms with E-state index in [-0.39, 0.29) is 10.6 Å². The Kier molecular flexibility index (Phi) is 4.39. The number of sulfonamides is 1. The molecule has 2 aromatic carbocycles. The highest BCUT2D eigenvalue weighted by Gasteiger charge is 2.07. The van der Waals surface area contributed by atoms with Gasteiger partial charge in [-0.3, -0.25) is 0 Å². The maximum absolute atomic E-state index is 11.2. The van der Waals surface area contributed by atoms with Crippen molar-refractivity contribution in [3.63, 3.8) is 0 Å². The summed E-state index contributed by atoms with van der Waals surface area (Å²) in [7, 11) is -3.68. The third kappa shape index (κ3) is 3.80. The van der Waals surface area contributed by atoms with Gasteiger partial charge in [-0.25, -0.2) is 13.6 Å². The molecular formula is C14H16N2O3S. The molecule has 0 radical (unpaired) electrons. The first kappa shape index (κ1) is 14.5. The van der Waals surface area contributed by atoms with Crippen LogP contribution in [-0.4, -0.2) is 13.5 Å². The Hall–Kier alpha value is -1.89. The molecule has 0 bridgehead atoms. The Morgan fingerprint density at radius 2 is 1.80 bits per heavy atom. The van der Waals surface area contributed by atoms with Crippen LogP contribution in [0.25, 0.3) is 0 Å². The Morgan fingerprint density at radius 1 is 1.05 bits per heavy atom.